The van der Waals surface area contributed by atoms with Gasteiger partial charge in [0.05, 0.1) is 12.7 Å². The third kappa shape index (κ3) is 31.7. The van der Waals surface area contributed by atoms with Crippen LogP contribution in [0.2, 0.25) is 0 Å². The van der Waals surface area contributed by atoms with Gasteiger partial charge in [0.2, 0.25) is 0 Å². The first-order valence-corrected chi connectivity index (χ1v) is 31.9. The molecule has 76 heavy (non-hydrogen) atoms. The number of esters is 3. The molecule has 3 heterocycles. The highest BCUT2D eigenvalue weighted by Gasteiger charge is 2.51. The highest BCUT2D eigenvalue weighted by molar-refractivity contribution is 7.71. The second kappa shape index (κ2) is 46.3. The third-order valence-corrected chi connectivity index (χ3v) is 15.1. The van der Waals surface area contributed by atoms with Gasteiger partial charge in [-0.2, -0.15) is 0 Å². The summed E-state index contributed by atoms with van der Waals surface area (Å²) in [7, 11) is 0. The average molecular weight is 1080 g/mol. The van der Waals surface area contributed by atoms with Gasteiger partial charge >= 0.3 is 17.9 Å². The minimum Gasteiger partial charge on any atom is -0.463 e. The van der Waals surface area contributed by atoms with Crippen molar-refractivity contribution in [2.75, 3.05) is 6.61 Å². The fourth-order valence-electron chi connectivity index (χ4n) is 10.1. The van der Waals surface area contributed by atoms with Gasteiger partial charge in [0.25, 0.3) is 0 Å². The lowest BCUT2D eigenvalue weighted by Crippen LogP contribution is -2.41. The van der Waals surface area contributed by atoms with Crippen LogP contribution < -0.4 is 0 Å². The molecule has 0 spiro atoms. The number of hydrogen-bond acceptors (Lipinski definition) is 10. The van der Waals surface area contributed by atoms with Gasteiger partial charge in [0.1, 0.15) is 23.9 Å². The molecule has 2 aromatic rings. The Morgan fingerprint density at radius 2 is 0.855 bits per heavy atom. The monoisotopic (exact) mass is 1080 g/mol. The number of aromatic amines is 1. The molecule has 0 radical (unpaired) electrons. The van der Waals surface area contributed by atoms with Gasteiger partial charge in [0.15, 0.2) is 23.1 Å². The summed E-state index contributed by atoms with van der Waals surface area (Å²) in [6.45, 7) is 6.62. The van der Waals surface area contributed by atoms with Crippen molar-refractivity contribution in [2.45, 2.75) is 315 Å². The van der Waals surface area contributed by atoms with E-state index in [9.17, 15) is 14.4 Å². The molecule has 0 saturated carbocycles. The van der Waals surface area contributed by atoms with E-state index in [0.29, 0.717) is 35.1 Å². The molecule has 4 atom stereocenters. The summed E-state index contributed by atoms with van der Waals surface area (Å²) < 4.78 is 27.0. The van der Waals surface area contributed by atoms with E-state index in [1.165, 1.54) is 141 Å². The molecule has 1 fully saturated rings. The Hall–Kier alpha value is -3.64. The molecule has 0 bridgehead atoms. The number of rotatable bonds is 50. The number of carbonyl (C=O) groups is 3. The number of unbranched alkanes of at least 4 members (excludes halogenated alkanes) is 33. The number of imidazole rings is 1. The van der Waals surface area contributed by atoms with Crippen LogP contribution in [0.5, 0.6) is 0 Å². The van der Waals surface area contributed by atoms with Crippen molar-refractivity contribution in [2.24, 2.45) is 0 Å². The SMILES string of the molecule is CCCCCCCC/C=C\CCCCCCCC(=O)OCC1OC(n2cnc3c(=S)nc[nH]c32)C(OC(=O)CCCCCCC/C=C\CCCCCCCC)C1OC(=O)CCCCCCC/C=C\CCCCCCCC. The highest BCUT2D eigenvalue weighted by atomic mass is 32.1. The van der Waals surface area contributed by atoms with Crippen LogP contribution in [0.1, 0.15) is 297 Å². The first-order valence-electron chi connectivity index (χ1n) is 31.4. The van der Waals surface area contributed by atoms with Gasteiger partial charge in [-0.1, -0.05) is 224 Å². The van der Waals surface area contributed by atoms with Crippen molar-refractivity contribution >= 4 is 41.3 Å². The molecular formula is C64H108N4O7S. The van der Waals surface area contributed by atoms with E-state index in [0.717, 1.165) is 103 Å². The summed E-state index contributed by atoms with van der Waals surface area (Å²) in [4.78, 5) is 52.5. The maximum absolute atomic E-state index is 13.7. The van der Waals surface area contributed by atoms with Crippen LogP contribution in [-0.2, 0) is 33.3 Å². The molecule has 3 rings (SSSR count). The lowest BCUT2D eigenvalue weighted by atomic mass is 10.1. The smallest absolute Gasteiger partial charge is 0.306 e. The average Bonchev–Trinajstić information content (AvgIpc) is 4.02. The van der Waals surface area contributed by atoms with E-state index in [1.54, 1.807) is 10.9 Å². The number of H-pyrrole nitrogens is 1. The topological polar surface area (TPSA) is 135 Å². The van der Waals surface area contributed by atoms with Crippen molar-refractivity contribution in [3.05, 3.63) is 53.8 Å². The lowest BCUT2D eigenvalue weighted by molar-refractivity contribution is -0.169. The summed E-state index contributed by atoms with van der Waals surface area (Å²) >= 11 is 5.49. The van der Waals surface area contributed by atoms with E-state index in [2.05, 4.69) is 72.2 Å². The standard InChI is InChI=1S/C64H108N4O7S/c1-4-7-10-13-16-19-22-25-28-31-34-37-40-43-46-49-56(69)72-52-55-60(74-57(70)50-47-44-41-38-35-32-29-26-23-20-17-14-11-8-5-2)61(64(73-55)68-54-67-59-62(68)65-53-66-63(59)76)75-58(71)51-48-45-42-39-36-33-30-27-24-21-18-15-12-9-6-3/h25-30,53-55,60-61,64H,4-24,31-52H2,1-3H3,(H,65,66,76)/b28-25-,29-26-,30-27-. The summed E-state index contributed by atoms with van der Waals surface area (Å²) in [5.74, 6) is -1.12. The summed E-state index contributed by atoms with van der Waals surface area (Å²) in [5.41, 5.74) is 0.996. The van der Waals surface area contributed by atoms with Crippen molar-refractivity contribution in [1.29, 1.82) is 0 Å². The summed E-state index contributed by atoms with van der Waals surface area (Å²) in [6.07, 6.45) is 59.5. The molecule has 1 saturated heterocycles. The van der Waals surface area contributed by atoms with E-state index < -0.39 is 36.5 Å². The van der Waals surface area contributed by atoms with Crippen LogP contribution in [0.15, 0.2) is 49.1 Å². The Labute approximate surface area is 467 Å². The number of aromatic nitrogens is 4. The maximum Gasteiger partial charge on any atom is 0.306 e. The van der Waals surface area contributed by atoms with E-state index >= 15 is 0 Å². The van der Waals surface area contributed by atoms with Gasteiger partial charge in [0, 0.05) is 19.3 Å². The zero-order chi connectivity index (χ0) is 54.4. The molecule has 11 nitrogen and oxygen atoms in total. The molecule has 12 heteroatoms. The third-order valence-electron chi connectivity index (χ3n) is 14.8. The van der Waals surface area contributed by atoms with Gasteiger partial charge in [-0.25, -0.2) is 9.97 Å². The Morgan fingerprint density at radius 3 is 1.26 bits per heavy atom. The Balaban J connectivity index is 1.55. The normalized spacial score (nSPS) is 16.8. The zero-order valence-electron chi connectivity index (χ0n) is 48.4. The molecule has 432 valence electrons. The number of fused-ring (bicyclic) bond motifs is 1. The van der Waals surface area contributed by atoms with Crippen LogP contribution in [0.3, 0.4) is 0 Å². The quantitative estimate of drug-likeness (QED) is 0.0224. The number of nitrogens with one attached hydrogen (secondary N) is 1. The van der Waals surface area contributed by atoms with Crippen molar-refractivity contribution in [1.82, 2.24) is 19.5 Å². The van der Waals surface area contributed by atoms with Crippen molar-refractivity contribution < 1.29 is 33.3 Å². The van der Waals surface area contributed by atoms with Crippen LogP contribution in [0.4, 0.5) is 0 Å². The first kappa shape index (κ1) is 66.6. The van der Waals surface area contributed by atoms with E-state index in [-0.39, 0.29) is 25.4 Å². The van der Waals surface area contributed by atoms with Crippen molar-refractivity contribution in [3.8, 4) is 0 Å². The molecule has 1 aliphatic rings. The van der Waals surface area contributed by atoms with Gasteiger partial charge in [-0.15, -0.1) is 0 Å². The summed E-state index contributed by atoms with van der Waals surface area (Å²) in [6, 6.07) is 0. The minimum atomic E-state index is -1.03. The second-order valence-corrected chi connectivity index (χ2v) is 22.1. The van der Waals surface area contributed by atoms with Gasteiger partial charge < -0.3 is 23.9 Å². The number of nitrogens with zero attached hydrogens (tertiary/aromatic N) is 3. The maximum atomic E-state index is 13.7. The molecular weight excluding hydrogens is 969 g/mol. The molecule has 0 aliphatic carbocycles. The number of allylic oxidation sites excluding steroid dienone is 6. The number of hydrogen-bond donors (Lipinski definition) is 1. The second-order valence-electron chi connectivity index (χ2n) is 21.7. The largest absolute Gasteiger partial charge is 0.463 e. The molecule has 0 amide bonds. The number of ether oxygens (including phenoxy) is 4. The lowest BCUT2D eigenvalue weighted by Gasteiger charge is -2.25. The molecule has 4 unspecified atom stereocenters. The predicted octanol–water partition coefficient (Wildman–Crippen LogP) is 18.9. The summed E-state index contributed by atoms with van der Waals surface area (Å²) in [5, 5.41) is 0. The van der Waals surface area contributed by atoms with Gasteiger partial charge in [-0.05, 0) is 96.3 Å². The highest BCUT2D eigenvalue weighted by Crippen LogP contribution is 2.36. The van der Waals surface area contributed by atoms with E-state index in [1.807, 2.05) is 0 Å². The molecule has 1 N–H and O–H groups in total. The van der Waals surface area contributed by atoms with Crippen molar-refractivity contribution in [3.63, 3.8) is 0 Å². The Morgan fingerprint density at radius 1 is 0.500 bits per heavy atom. The predicted molar refractivity (Wildman–Crippen MR) is 316 cm³/mol. The molecule has 2 aromatic heterocycles. The van der Waals surface area contributed by atoms with E-state index in [4.69, 9.17) is 31.2 Å². The zero-order valence-corrected chi connectivity index (χ0v) is 49.3. The first-order chi connectivity index (χ1) is 37.4. The van der Waals surface area contributed by atoms with Crippen LogP contribution in [0.25, 0.3) is 11.2 Å². The number of carbonyl (C=O) groups excluding carboxylic acids is 3. The molecule has 1 aliphatic heterocycles. The van der Waals surface area contributed by atoms with Crippen LogP contribution >= 0.6 is 12.2 Å². The van der Waals surface area contributed by atoms with Crippen LogP contribution in [0, 0.1) is 4.64 Å². The Bertz CT molecular complexity index is 1910. The van der Waals surface area contributed by atoms with Gasteiger partial charge in [-0.3, -0.25) is 19.0 Å². The van der Waals surface area contributed by atoms with Crippen LogP contribution in [-0.4, -0.2) is 62.3 Å². The molecule has 0 aromatic carbocycles. The fourth-order valence-corrected chi connectivity index (χ4v) is 10.3. The fraction of sp³-hybridized carbons (Fsp3) is 0.781. The Kier molecular flexibility index (Phi) is 40.6. The minimum absolute atomic E-state index is 0.155.